The van der Waals surface area contributed by atoms with Gasteiger partial charge in [-0.3, -0.25) is 9.36 Å². The predicted molar refractivity (Wildman–Crippen MR) is 177 cm³/mol. The molecular formula is C36H34ClN3O4S. The van der Waals surface area contributed by atoms with E-state index in [1.165, 1.54) is 11.3 Å². The second kappa shape index (κ2) is 14.1. The molecule has 7 nitrogen and oxygen atoms in total. The van der Waals surface area contributed by atoms with Crippen LogP contribution < -0.4 is 19.6 Å². The second-order valence-corrected chi connectivity index (χ2v) is 12.5. The molecule has 1 aliphatic heterocycles. The van der Waals surface area contributed by atoms with Crippen molar-refractivity contribution in [3.63, 3.8) is 0 Å². The number of nitriles is 1. The van der Waals surface area contributed by atoms with Crippen LogP contribution in [0.3, 0.4) is 0 Å². The van der Waals surface area contributed by atoms with E-state index >= 15 is 0 Å². The number of hydrogen-bond donors (Lipinski definition) is 0. The van der Waals surface area contributed by atoms with E-state index in [1.807, 2.05) is 43.3 Å². The van der Waals surface area contributed by atoms with Gasteiger partial charge in [0.25, 0.3) is 5.56 Å². The molecule has 0 saturated heterocycles. The van der Waals surface area contributed by atoms with Crippen LogP contribution in [0.5, 0.6) is 5.75 Å². The quantitative estimate of drug-likeness (QED) is 0.178. The first-order chi connectivity index (χ1) is 21.7. The molecule has 0 bridgehead atoms. The summed E-state index contributed by atoms with van der Waals surface area (Å²) in [5, 5.41) is 9.58. The molecule has 9 heteroatoms. The lowest BCUT2D eigenvalue weighted by Crippen LogP contribution is -2.40. The summed E-state index contributed by atoms with van der Waals surface area (Å²) >= 11 is 7.65. The van der Waals surface area contributed by atoms with Crippen LogP contribution in [-0.4, -0.2) is 17.1 Å². The number of carbonyl (C=O) groups is 1. The van der Waals surface area contributed by atoms with Crippen molar-refractivity contribution in [3.8, 4) is 11.8 Å². The van der Waals surface area contributed by atoms with Crippen molar-refractivity contribution in [1.82, 2.24) is 4.57 Å². The molecular weight excluding hydrogens is 606 g/mol. The van der Waals surface area contributed by atoms with E-state index in [-0.39, 0.29) is 18.8 Å². The van der Waals surface area contributed by atoms with Gasteiger partial charge in [-0.2, -0.15) is 5.26 Å². The summed E-state index contributed by atoms with van der Waals surface area (Å²) < 4.78 is 13.7. The molecule has 4 aromatic rings. The van der Waals surface area contributed by atoms with Crippen LogP contribution in [0.15, 0.2) is 87.8 Å². The number of halogens is 1. The summed E-state index contributed by atoms with van der Waals surface area (Å²) in [6.07, 6.45) is 3.11. The van der Waals surface area contributed by atoms with Crippen LogP contribution in [0, 0.1) is 11.3 Å². The number of rotatable bonds is 10. The molecule has 0 amide bonds. The summed E-state index contributed by atoms with van der Waals surface area (Å²) in [7, 11) is 0. The van der Waals surface area contributed by atoms with Crippen LogP contribution in [0.1, 0.15) is 80.3 Å². The van der Waals surface area contributed by atoms with Crippen molar-refractivity contribution < 1.29 is 14.3 Å². The van der Waals surface area contributed by atoms with Crippen LogP contribution in [0.4, 0.5) is 0 Å². The van der Waals surface area contributed by atoms with Crippen LogP contribution >= 0.6 is 22.9 Å². The fourth-order valence-corrected chi connectivity index (χ4v) is 6.43. The van der Waals surface area contributed by atoms with Crippen molar-refractivity contribution >= 4 is 35.0 Å². The zero-order valence-corrected chi connectivity index (χ0v) is 27.2. The third kappa shape index (κ3) is 6.95. The molecule has 1 aliphatic rings. The standard InChI is InChI=1S/C36H34ClN3O4S/c1-5-7-29-32(35(42)43-6-2)33(26-14-12-25(13-15-26)22(3)4)40-34(41)31(45-36(40)39-29)19-27-18-28(37)16-17-30(27)44-21-24-10-8-23(20-38)9-11-24/h8-19,22,33H,5-7,21H2,1-4H3/b31-19+/t33-/m0/s1. The highest BCUT2D eigenvalue weighted by Crippen LogP contribution is 2.33. The molecule has 45 heavy (non-hydrogen) atoms. The Hall–Kier alpha value is -4.45. The molecule has 5 rings (SSSR count). The van der Waals surface area contributed by atoms with E-state index in [0.29, 0.717) is 54.8 Å². The molecule has 0 saturated carbocycles. The molecule has 3 aromatic carbocycles. The molecule has 230 valence electrons. The molecule has 0 unspecified atom stereocenters. The normalized spacial score (nSPS) is 14.6. The fourth-order valence-electron chi connectivity index (χ4n) is 5.24. The average molecular weight is 640 g/mol. The number of nitrogens with zero attached hydrogens (tertiary/aromatic N) is 3. The number of aromatic nitrogens is 1. The fraction of sp³-hybridized carbons (Fsp3) is 0.278. The van der Waals surface area contributed by atoms with Gasteiger partial charge < -0.3 is 9.47 Å². The van der Waals surface area contributed by atoms with Gasteiger partial charge in [-0.15, -0.1) is 0 Å². The number of benzene rings is 3. The summed E-state index contributed by atoms with van der Waals surface area (Å²) in [4.78, 5) is 33.0. The number of carbonyl (C=O) groups excluding carboxylic acids is 1. The Kier molecular flexibility index (Phi) is 10.0. The van der Waals surface area contributed by atoms with Gasteiger partial charge in [-0.1, -0.05) is 86.5 Å². The summed E-state index contributed by atoms with van der Waals surface area (Å²) in [5.74, 6) is 0.419. The van der Waals surface area contributed by atoms with Crippen molar-refractivity contribution in [1.29, 1.82) is 5.26 Å². The Morgan fingerprint density at radius 2 is 1.84 bits per heavy atom. The highest BCUT2D eigenvalue weighted by molar-refractivity contribution is 7.07. The van der Waals surface area contributed by atoms with Gasteiger partial charge in [0, 0.05) is 10.6 Å². The minimum atomic E-state index is -0.684. The molecule has 0 radical (unpaired) electrons. The Bertz CT molecular complexity index is 1970. The average Bonchev–Trinajstić information content (AvgIpc) is 3.34. The maximum atomic E-state index is 14.2. The monoisotopic (exact) mass is 639 g/mol. The Balaban J connectivity index is 1.63. The maximum Gasteiger partial charge on any atom is 0.338 e. The number of ether oxygens (including phenoxy) is 2. The Morgan fingerprint density at radius 1 is 1.11 bits per heavy atom. The van der Waals surface area contributed by atoms with Crippen LogP contribution in [0.25, 0.3) is 6.08 Å². The molecule has 0 N–H and O–H groups in total. The van der Waals surface area contributed by atoms with Gasteiger partial charge in [0.1, 0.15) is 12.4 Å². The van der Waals surface area contributed by atoms with Crippen molar-refractivity contribution in [2.75, 3.05) is 6.61 Å². The van der Waals surface area contributed by atoms with Crippen molar-refractivity contribution in [2.24, 2.45) is 4.99 Å². The maximum absolute atomic E-state index is 14.2. The molecule has 0 fully saturated rings. The molecule has 1 aromatic heterocycles. The summed E-state index contributed by atoms with van der Waals surface area (Å²) in [6.45, 7) is 8.53. The third-order valence-electron chi connectivity index (χ3n) is 7.55. The summed E-state index contributed by atoms with van der Waals surface area (Å²) in [6, 6.07) is 21.9. The lowest BCUT2D eigenvalue weighted by molar-refractivity contribution is -0.139. The highest BCUT2D eigenvalue weighted by Gasteiger charge is 2.34. The van der Waals surface area contributed by atoms with Crippen LogP contribution in [-0.2, 0) is 16.1 Å². The number of allylic oxidation sites excluding steroid dienone is 1. The highest BCUT2D eigenvalue weighted by atomic mass is 35.5. The van der Waals surface area contributed by atoms with E-state index < -0.39 is 12.0 Å². The zero-order valence-electron chi connectivity index (χ0n) is 25.7. The van der Waals surface area contributed by atoms with Gasteiger partial charge in [-0.05, 0) is 72.4 Å². The van der Waals surface area contributed by atoms with Crippen molar-refractivity contribution in [2.45, 2.75) is 59.1 Å². The van der Waals surface area contributed by atoms with E-state index in [0.717, 1.165) is 23.1 Å². The first-order valence-electron chi connectivity index (χ1n) is 15.0. The first-order valence-corrected chi connectivity index (χ1v) is 16.2. The number of fused-ring (bicyclic) bond motifs is 1. The van der Waals surface area contributed by atoms with E-state index in [4.69, 9.17) is 31.3 Å². The lowest BCUT2D eigenvalue weighted by Gasteiger charge is -2.26. The van der Waals surface area contributed by atoms with Crippen LogP contribution in [0.2, 0.25) is 5.02 Å². The predicted octanol–water partition coefficient (Wildman–Crippen LogP) is 6.81. The van der Waals surface area contributed by atoms with E-state index in [9.17, 15) is 9.59 Å². The van der Waals surface area contributed by atoms with Crippen molar-refractivity contribution in [3.05, 3.63) is 131 Å². The van der Waals surface area contributed by atoms with E-state index in [2.05, 4.69) is 19.9 Å². The molecule has 0 aliphatic carbocycles. The minimum absolute atomic E-state index is 0.213. The summed E-state index contributed by atoms with van der Waals surface area (Å²) in [5.41, 5.74) is 4.84. The smallest absolute Gasteiger partial charge is 0.338 e. The topological polar surface area (TPSA) is 93.7 Å². The molecule has 2 heterocycles. The largest absolute Gasteiger partial charge is 0.488 e. The number of hydrogen-bond acceptors (Lipinski definition) is 7. The third-order valence-corrected chi connectivity index (χ3v) is 8.76. The van der Waals surface area contributed by atoms with Gasteiger partial charge in [0.2, 0.25) is 0 Å². The Morgan fingerprint density at radius 3 is 2.49 bits per heavy atom. The van der Waals surface area contributed by atoms with E-state index in [1.54, 1.807) is 47.9 Å². The molecule has 1 atom stereocenters. The van der Waals surface area contributed by atoms with Gasteiger partial charge >= 0.3 is 5.97 Å². The minimum Gasteiger partial charge on any atom is -0.488 e. The number of esters is 1. The Labute approximate surface area is 271 Å². The second-order valence-electron chi connectivity index (χ2n) is 11.0. The lowest BCUT2D eigenvalue weighted by atomic mass is 9.92. The first kappa shape index (κ1) is 32.0. The van der Waals surface area contributed by atoms with Gasteiger partial charge in [-0.25, -0.2) is 9.79 Å². The SMILES string of the molecule is CCCC1=C(C(=O)OCC)[C@H](c2ccc(C(C)C)cc2)n2c(s/c(=C/c3cc(Cl)ccc3OCc3ccc(C#N)cc3)c2=O)=N1. The van der Waals surface area contributed by atoms with Gasteiger partial charge in [0.15, 0.2) is 4.80 Å². The molecule has 0 spiro atoms. The number of thiazole rings is 1. The van der Waals surface area contributed by atoms with Gasteiger partial charge in [0.05, 0.1) is 40.1 Å². The zero-order chi connectivity index (χ0) is 32.1.